The van der Waals surface area contributed by atoms with E-state index >= 15 is 0 Å². The number of aromatic amines is 1. The summed E-state index contributed by atoms with van der Waals surface area (Å²) in [6.07, 6.45) is 0.450. The van der Waals surface area contributed by atoms with E-state index < -0.39 is 20.9 Å². The van der Waals surface area contributed by atoms with Gasteiger partial charge in [0.15, 0.2) is 11.6 Å². The summed E-state index contributed by atoms with van der Waals surface area (Å²) in [4.78, 5) is 23.3. The van der Waals surface area contributed by atoms with E-state index in [9.17, 15) is 23.3 Å². The van der Waals surface area contributed by atoms with Crippen LogP contribution in [0.1, 0.15) is 18.9 Å². The van der Waals surface area contributed by atoms with Gasteiger partial charge >= 0.3 is 5.69 Å². The predicted molar refractivity (Wildman–Crippen MR) is 118 cm³/mol. The average molecular weight is 459 g/mol. The highest BCUT2D eigenvalue weighted by Crippen LogP contribution is 2.31. The molecule has 1 aliphatic rings. The van der Waals surface area contributed by atoms with Gasteiger partial charge in [0.1, 0.15) is 0 Å². The molecule has 0 saturated carbocycles. The molecule has 2 aromatic carbocycles. The van der Waals surface area contributed by atoms with Crippen molar-refractivity contribution in [3.05, 3.63) is 52.1 Å². The van der Waals surface area contributed by atoms with E-state index in [0.717, 1.165) is 0 Å². The highest BCUT2D eigenvalue weighted by molar-refractivity contribution is 7.93. The lowest BCUT2D eigenvalue weighted by Gasteiger charge is -2.16. The SMILES string of the molecule is CCOc1ccc(CC(=O)Nc2n[nH]c3ccc(N4CCCS4(=O)=O)cc23)cc1[N+](=O)[O-]. The van der Waals surface area contributed by atoms with E-state index in [4.69, 9.17) is 4.74 Å². The van der Waals surface area contributed by atoms with Crippen molar-refractivity contribution in [1.82, 2.24) is 10.2 Å². The fraction of sp³-hybridized carbons (Fsp3) is 0.300. The number of nitro benzene ring substituents is 1. The molecule has 1 amide bonds. The Balaban J connectivity index is 1.55. The number of nitrogens with zero attached hydrogens (tertiary/aromatic N) is 3. The number of nitrogens with one attached hydrogen (secondary N) is 2. The van der Waals surface area contributed by atoms with Gasteiger partial charge < -0.3 is 10.1 Å². The zero-order chi connectivity index (χ0) is 22.9. The lowest BCUT2D eigenvalue weighted by atomic mass is 10.1. The van der Waals surface area contributed by atoms with Crippen LogP contribution in [0.25, 0.3) is 10.9 Å². The van der Waals surface area contributed by atoms with Crippen molar-refractivity contribution in [2.75, 3.05) is 28.5 Å². The second-order valence-corrected chi connectivity index (χ2v) is 9.27. The Morgan fingerprint density at radius 3 is 2.81 bits per heavy atom. The third kappa shape index (κ3) is 4.21. The number of anilines is 2. The van der Waals surface area contributed by atoms with Gasteiger partial charge in [-0.1, -0.05) is 6.07 Å². The van der Waals surface area contributed by atoms with Crippen LogP contribution in [0.5, 0.6) is 5.75 Å². The molecule has 1 aliphatic heterocycles. The Bertz CT molecular complexity index is 1300. The van der Waals surface area contributed by atoms with Crippen molar-refractivity contribution in [3.63, 3.8) is 0 Å². The van der Waals surface area contributed by atoms with Gasteiger partial charge in [-0.2, -0.15) is 5.10 Å². The maximum atomic E-state index is 12.6. The Morgan fingerprint density at radius 1 is 1.31 bits per heavy atom. The number of fused-ring (bicyclic) bond motifs is 1. The highest BCUT2D eigenvalue weighted by Gasteiger charge is 2.29. The Kier molecular flexibility index (Phi) is 5.70. The average Bonchev–Trinajstić information content (AvgIpc) is 3.31. The van der Waals surface area contributed by atoms with Crippen LogP contribution in [0.2, 0.25) is 0 Å². The molecule has 1 aromatic heterocycles. The van der Waals surface area contributed by atoms with Crippen molar-refractivity contribution in [2.45, 2.75) is 19.8 Å². The van der Waals surface area contributed by atoms with Gasteiger partial charge in [-0.05, 0) is 43.2 Å². The van der Waals surface area contributed by atoms with Crippen LogP contribution in [-0.4, -0.2) is 48.4 Å². The molecule has 0 unspecified atom stereocenters. The van der Waals surface area contributed by atoms with Gasteiger partial charge in [-0.15, -0.1) is 0 Å². The van der Waals surface area contributed by atoms with Crippen molar-refractivity contribution < 1.29 is 22.9 Å². The number of benzene rings is 2. The second-order valence-electron chi connectivity index (χ2n) is 7.26. The first-order chi connectivity index (χ1) is 15.3. The van der Waals surface area contributed by atoms with E-state index in [1.165, 1.54) is 16.4 Å². The maximum absolute atomic E-state index is 12.6. The smallest absolute Gasteiger partial charge is 0.311 e. The zero-order valence-electron chi connectivity index (χ0n) is 17.2. The number of hydrogen-bond donors (Lipinski definition) is 2. The van der Waals surface area contributed by atoms with Crippen LogP contribution in [-0.2, 0) is 21.2 Å². The number of H-pyrrole nitrogens is 1. The van der Waals surface area contributed by atoms with Crippen LogP contribution in [0.3, 0.4) is 0 Å². The number of rotatable bonds is 7. The highest BCUT2D eigenvalue weighted by atomic mass is 32.2. The van der Waals surface area contributed by atoms with Crippen LogP contribution < -0.4 is 14.4 Å². The predicted octanol–water partition coefficient (Wildman–Crippen LogP) is 2.59. The van der Waals surface area contributed by atoms with Crippen molar-refractivity contribution in [1.29, 1.82) is 0 Å². The lowest BCUT2D eigenvalue weighted by Crippen LogP contribution is -2.24. The van der Waals surface area contributed by atoms with Gasteiger partial charge in [-0.25, -0.2) is 8.42 Å². The normalized spacial score (nSPS) is 15.1. The largest absolute Gasteiger partial charge is 0.487 e. The number of ether oxygens (including phenoxy) is 1. The van der Waals surface area contributed by atoms with Gasteiger partial charge in [0.25, 0.3) is 0 Å². The van der Waals surface area contributed by atoms with E-state index in [-0.39, 0.29) is 36.0 Å². The topological polar surface area (TPSA) is 148 Å². The summed E-state index contributed by atoms with van der Waals surface area (Å²) in [6, 6.07) is 9.43. The number of carbonyl (C=O) groups excluding carboxylic acids is 1. The summed E-state index contributed by atoms with van der Waals surface area (Å²) < 4.78 is 31.0. The Labute approximate surface area is 183 Å². The minimum Gasteiger partial charge on any atom is -0.487 e. The molecule has 1 fully saturated rings. The van der Waals surface area contributed by atoms with Gasteiger partial charge in [0, 0.05) is 18.0 Å². The van der Waals surface area contributed by atoms with E-state index in [0.29, 0.717) is 35.1 Å². The van der Waals surface area contributed by atoms with Crippen LogP contribution in [0, 0.1) is 10.1 Å². The number of amides is 1. The monoisotopic (exact) mass is 459 g/mol. The molecule has 4 rings (SSSR count). The summed E-state index contributed by atoms with van der Waals surface area (Å²) in [5.41, 5.74) is 1.38. The molecule has 2 heterocycles. The summed E-state index contributed by atoms with van der Waals surface area (Å²) in [6.45, 7) is 2.42. The number of aromatic nitrogens is 2. The molecule has 0 atom stereocenters. The van der Waals surface area contributed by atoms with Crippen molar-refractivity contribution in [3.8, 4) is 5.75 Å². The molecular weight excluding hydrogens is 438 g/mol. The molecule has 168 valence electrons. The van der Waals surface area contributed by atoms with Crippen LogP contribution in [0.15, 0.2) is 36.4 Å². The van der Waals surface area contributed by atoms with Crippen molar-refractivity contribution in [2.24, 2.45) is 0 Å². The number of hydrogen-bond acceptors (Lipinski definition) is 7. The first kappa shape index (κ1) is 21.6. The molecule has 0 aliphatic carbocycles. The molecule has 0 radical (unpaired) electrons. The fourth-order valence-corrected chi connectivity index (χ4v) is 5.19. The molecular formula is C20H21N5O6S. The summed E-state index contributed by atoms with van der Waals surface area (Å²) in [5, 5.41) is 21.5. The minimum atomic E-state index is -3.34. The van der Waals surface area contributed by atoms with Crippen molar-refractivity contribution >= 4 is 44.0 Å². The summed E-state index contributed by atoms with van der Waals surface area (Å²) in [7, 11) is -3.34. The molecule has 12 heteroatoms. The standard InChI is InChI=1S/C20H21N5O6S/c1-2-31-18-7-4-13(10-17(18)25(27)28)11-19(26)21-20-15-12-14(5-6-16(15)22-23-20)24-8-3-9-32(24,29)30/h4-7,10,12H,2-3,8-9,11H2,1H3,(H2,21,22,23,26). The Morgan fingerprint density at radius 2 is 2.12 bits per heavy atom. The lowest BCUT2D eigenvalue weighted by molar-refractivity contribution is -0.385. The maximum Gasteiger partial charge on any atom is 0.311 e. The van der Waals surface area contributed by atoms with Gasteiger partial charge in [0.05, 0.1) is 34.9 Å². The first-order valence-electron chi connectivity index (χ1n) is 9.97. The molecule has 0 spiro atoms. The summed E-state index contributed by atoms with van der Waals surface area (Å²) >= 11 is 0. The van der Waals surface area contributed by atoms with Crippen LogP contribution >= 0.6 is 0 Å². The zero-order valence-corrected chi connectivity index (χ0v) is 18.0. The molecule has 2 N–H and O–H groups in total. The Hall–Kier alpha value is -3.67. The van der Waals surface area contributed by atoms with Gasteiger partial charge in [0.2, 0.25) is 15.9 Å². The fourth-order valence-electron chi connectivity index (χ4n) is 3.64. The van der Waals surface area contributed by atoms with Crippen LogP contribution in [0.4, 0.5) is 17.2 Å². The van der Waals surface area contributed by atoms with E-state index in [1.54, 1.807) is 31.2 Å². The first-order valence-corrected chi connectivity index (χ1v) is 11.6. The molecule has 0 bridgehead atoms. The third-order valence-corrected chi connectivity index (χ3v) is 6.95. The molecule has 32 heavy (non-hydrogen) atoms. The number of sulfonamides is 1. The number of nitro groups is 1. The van der Waals surface area contributed by atoms with Gasteiger partial charge in [-0.3, -0.25) is 24.3 Å². The third-order valence-electron chi connectivity index (χ3n) is 5.08. The summed E-state index contributed by atoms with van der Waals surface area (Å²) in [5.74, 6) is 0.0816. The quantitative estimate of drug-likeness (QED) is 0.407. The number of carbonyl (C=O) groups is 1. The molecule has 1 saturated heterocycles. The molecule has 11 nitrogen and oxygen atoms in total. The second kappa shape index (κ2) is 8.46. The molecule has 3 aromatic rings. The van der Waals surface area contributed by atoms with E-state index in [1.807, 2.05) is 0 Å². The minimum absolute atomic E-state index is 0.105. The van der Waals surface area contributed by atoms with E-state index in [2.05, 4.69) is 15.5 Å².